The molecule has 4 heteroatoms. The number of hydrogen-bond donors (Lipinski definition) is 0. The van der Waals surface area contributed by atoms with Crippen molar-refractivity contribution in [3.63, 3.8) is 0 Å². The molecule has 0 amide bonds. The molecule has 0 aliphatic rings. The number of carbonyl (C=O) groups excluding carboxylic acids is 1. The fourth-order valence-corrected chi connectivity index (χ4v) is 1.45. The van der Waals surface area contributed by atoms with E-state index in [1.807, 2.05) is 20.8 Å². The number of carbonyl (C=O) groups is 1. The van der Waals surface area contributed by atoms with Crippen molar-refractivity contribution in [2.24, 2.45) is 7.05 Å². The zero-order valence-corrected chi connectivity index (χ0v) is 9.78. The molecule has 1 heterocycles. The van der Waals surface area contributed by atoms with Crippen LogP contribution in [0, 0.1) is 0 Å². The Morgan fingerprint density at radius 2 is 2.27 bits per heavy atom. The minimum Gasteiger partial charge on any atom is -0.367 e. The molecule has 0 bridgehead atoms. The summed E-state index contributed by atoms with van der Waals surface area (Å²) in [4.78, 5) is 12.1. The summed E-state index contributed by atoms with van der Waals surface area (Å²) >= 11 is 0. The van der Waals surface area contributed by atoms with E-state index in [2.05, 4.69) is 5.10 Å². The van der Waals surface area contributed by atoms with Gasteiger partial charge in [-0.2, -0.15) is 5.10 Å². The van der Waals surface area contributed by atoms with Crippen molar-refractivity contribution in [1.82, 2.24) is 9.78 Å². The topological polar surface area (TPSA) is 44.1 Å². The molecule has 0 N–H and O–H groups in total. The fourth-order valence-electron chi connectivity index (χ4n) is 1.45. The van der Waals surface area contributed by atoms with Gasteiger partial charge in [-0.05, 0) is 26.3 Å². The van der Waals surface area contributed by atoms with Crippen molar-refractivity contribution in [3.05, 3.63) is 18.0 Å². The predicted molar refractivity (Wildman–Crippen MR) is 57.9 cm³/mol. The second-order valence-corrected chi connectivity index (χ2v) is 3.72. The first-order valence-corrected chi connectivity index (χ1v) is 5.22. The Kier molecular flexibility index (Phi) is 3.63. The highest BCUT2D eigenvalue weighted by atomic mass is 16.5. The molecule has 0 saturated carbocycles. The summed E-state index contributed by atoms with van der Waals surface area (Å²) in [5.74, 6) is -0.0487. The molecule has 0 radical (unpaired) electrons. The highest BCUT2D eigenvalue weighted by Gasteiger charge is 2.33. The van der Waals surface area contributed by atoms with E-state index < -0.39 is 5.60 Å². The molecular weight excluding hydrogens is 192 g/mol. The zero-order chi connectivity index (χ0) is 11.5. The molecular formula is C11H18N2O2. The number of rotatable bonds is 5. The van der Waals surface area contributed by atoms with Gasteiger partial charge in [-0.3, -0.25) is 9.48 Å². The van der Waals surface area contributed by atoms with Crippen molar-refractivity contribution in [1.29, 1.82) is 0 Å². The summed E-state index contributed by atoms with van der Waals surface area (Å²) in [7, 11) is 1.79. The number of hydrogen-bond acceptors (Lipinski definition) is 3. The number of aryl methyl sites for hydroxylation is 1. The molecule has 0 fully saturated rings. The number of ketones is 1. The van der Waals surface area contributed by atoms with Crippen LogP contribution in [0.15, 0.2) is 12.3 Å². The smallest absolute Gasteiger partial charge is 0.214 e. The van der Waals surface area contributed by atoms with Gasteiger partial charge in [0.25, 0.3) is 0 Å². The summed E-state index contributed by atoms with van der Waals surface area (Å²) in [6, 6.07) is 1.72. The average Bonchev–Trinajstić information content (AvgIpc) is 2.64. The van der Waals surface area contributed by atoms with E-state index in [1.54, 1.807) is 24.0 Å². The van der Waals surface area contributed by atoms with Crippen LogP contribution < -0.4 is 0 Å². The summed E-state index contributed by atoms with van der Waals surface area (Å²) in [6.07, 6.45) is 2.41. The number of nitrogens with zero attached hydrogens (tertiary/aromatic N) is 2. The van der Waals surface area contributed by atoms with Gasteiger partial charge in [-0.15, -0.1) is 0 Å². The van der Waals surface area contributed by atoms with E-state index in [4.69, 9.17) is 4.74 Å². The maximum atomic E-state index is 12.1. The Morgan fingerprint density at radius 1 is 1.60 bits per heavy atom. The minimum absolute atomic E-state index is 0.0487. The molecule has 15 heavy (non-hydrogen) atoms. The lowest BCUT2D eigenvalue weighted by atomic mass is 9.95. The van der Waals surface area contributed by atoms with Crippen LogP contribution in [0.5, 0.6) is 0 Å². The molecule has 1 rings (SSSR count). The average molecular weight is 210 g/mol. The van der Waals surface area contributed by atoms with Crippen molar-refractivity contribution < 1.29 is 9.53 Å². The first-order chi connectivity index (χ1) is 7.03. The van der Waals surface area contributed by atoms with Gasteiger partial charge in [-0.1, -0.05) is 6.92 Å². The molecule has 1 unspecified atom stereocenters. The Bertz CT molecular complexity index is 346. The van der Waals surface area contributed by atoms with Crippen LogP contribution >= 0.6 is 0 Å². The Morgan fingerprint density at radius 3 is 2.67 bits per heavy atom. The molecule has 0 aliphatic heterocycles. The normalized spacial score (nSPS) is 14.9. The molecule has 1 aromatic rings. The largest absolute Gasteiger partial charge is 0.367 e. The lowest BCUT2D eigenvalue weighted by Crippen LogP contribution is -2.38. The highest BCUT2D eigenvalue weighted by molar-refractivity contribution is 6.00. The van der Waals surface area contributed by atoms with E-state index in [0.29, 0.717) is 18.7 Å². The lowest BCUT2D eigenvalue weighted by Gasteiger charge is -2.25. The second-order valence-electron chi connectivity index (χ2n) is 3.72. The third kappa shape index (κ3) is 2.45. The fraction of sp³-hybridized carbons (Fsp3) is 0.636. The van der Waals surface area contributed by atoms with Crippen molar-refractivity contribution in [2.75, 3.05) is 6.61 Å². The highest BCUT2D eigenvalue weighted by Crippen LogP contribution is 2.20. The third-order valence-corrected chi connectivity index (χ3v) is 2.56. The maximum Gasteiger partial charge on any atom is 0.214 e. The zero-order valence-electron chi connectivity index (χ0n) is 9.78. The van der Waals surface area contributed by atoms with E-state index in [-0.39, 0.29) is 5.78 Å². The van der Waals surface area contributed by atoms with Gasteiger partial charge >= 0.3 is 0 Å². The van der Waals surface area contributed by atoms with Crippen LogP contribution in [0.25, 0.3) is 0 Å². The van der Waals surface area contributed by atoms with Gasteiger partial charge in [0.05, 0.1) is 0 Å². The summed E-state index contributed by atoms with van der Waals surface area (Å²) in [5, 5.41) is 4.09. The Hall–Kier alpha value is -1.16. The van der Waals surface area contributed by atoms with Gasteiger partial charge in [0.1, 0.15) is 11.3 Å². The van der Waals surface area contributed by atoms with Gasteiger partial charge in [0.2, 0.25) is 5.78 Å². The van der Waals surface area contributed by atoms with Crippen molar-refractivity contribution in [2.45, 2.75) is 32.8 Å². The van der Waals surface area contributed by atoms with Crippen molar-refractivity contribution in [3.8, 4) is 0 Å². The molecule has 0 saturated heterocycles. The molecule has 1 atom stereocenters. The molecule has 84 valence electrons. The number of ether oxygens (including phenoxy) is 1. The third-order valence-electron chi connectivity index (χ3n) is 2.56. The van der Waals surface area contributed by atoms with Crippen LogP contribution in [-0.2, 0) is 11.8 Å². The van der Waals surface area contributed by atoms with Crippen LogP contribution in [0.4, 0.5) is 0 Å². The molecule has 0 aromatic carbocycles. The molecule has 0 aliphatic carbocycles. The Balaban J connectivity index is 2.91. The quantitative estimate of drug-likeness (QED) is 0.696. The lowest BCUT2D eigenvalue weighted by molar-refractivity contribution is -0.0120. The minimum atomic E-state index is -0.747. The van der Waals surface area contributed by atoms with Gasteiger partial charge < -0.3 is 4.74 Å². The van der Waals surface area contributed by atoms with Gasteiger partial charge in [0.15, 0.2) is 0 Å². The van der Waals surface area contributed by atoms with E-state index in [9.17, 15) is 4.79 Å². The van der Waals surface area contributed by atoms with E-state index in [1.165, 1.54) is 0 Å². The standard InChI is InChI=1S/C11H18N2O2/c1-5-11(3,15-6-2)10(14)9-7-8-13(4)12-9/h7-8H,5-6H2,1-4H3. The van der Waals surface area contributed by atoms with E-state index >= 15 is 0 Å². The predicted octanol–water partition coefficient (Wildman–Crippen LogP) is 1.81. The first kappa shape index (κ1) is 11.9. The second kappa shape index (κ2) is 4.57. The van der Waals surface area contributed by atoms with Crippen LogP contribution in [0.1, 0.15) is 37.7 Å². The summed E-state index contributed by atoms with van der Waals surface area (Å²) in [6.45, 7) is 6.17. The van der Waals surface area contributed by atoms with E-state index in [0.717, 1.165) is 0 Å². The maximum absolute atomic E-state index is 12.1. The van der Waals surface area contributed by atoms with Gasteiger partial charge in [-0.25, -0.2) is 0 Å². The molecule has 0 spiro atoms. The summed E-state index contributed by atoms with van der Waals surface area (Å²) < 4.78 is 7.13. The molecule has 1 aromatic heterocycles. The van der Waals surface area contributed by atoms with Crippen LogP contribution in [0.2, 0.25) is 0 Å². The summed E-state index contributed by atoms with van der Waals surface area (Å²) in [5.41, 5.74) is -0.279. The monoisotopic (exact) mass is 210 g/mol. The number of aromatic nitrogens is 2. The van der Waals surface area contributed by atoms with Crippen LogP contribution in [-0.4, -0.2) is 27.8 Å². The van der Waals surface area contributed by atoms with Crippen molar-refractivity contribution >= 4 is 5.78 Å². The Labute approximate surface area is 90.2 Å². The van der Waals surface area contributed by atoms with Crippen LogP contribution in [0.3, 0.4) is 0 Å². The number of Topliss-reactive ketones (excluding diaryl/α,β-unsaturated/α-hetero) is 1. The molecule has 4 nitrogen and oxygen atoms in total. The first-order valence-electron chi connectivity index (χ1n) is 5.22. The SMILES string of the molecule is CCOC(C)(CC)C(=O)c1ccn(C)n1. The van der Waals surface area contributed by atoms with Gasteiger partial charge in [0, 0.05) is 19.9 Å².